The highest BCUT2D eigenvalue weighted by Crippen LogP contribution is 2.25. The molecule has 0 aliphatic rings. The number of hydrogen-bond donors (Lipinski definition) is 0. The van der Waals surface area contributed by atoms with Gasteiger partial charge in [-0.2, -0.15) is 9.64 Å². The van der Waals surface area contributed by atoms with E-state index in [-0.39, 0.29) is 5.97 Å². The van der Waals surface area contributed by atoms with Crippen molar-refractivity contribution in [3.8, 4) is 17.3 Å². The Labute approximate surface area is 109 Å². The fraction of sp³-hybridized carbons (Fsp3) is 0.154. The first-order valence-electron chi connectivity index (χ1n) is 5.38. The van der Waals surface area contributed by atoms with Crippen molar-refractivity contribution in [1.29, 1.82) is 5.26 Å². The van der Waals surface area contributed by atoms with Crippen LogP contribution < -0.4 is 0 Å². The maximum atomic E-state index is 11.7. The molecule has 0 aliphatic heterocycles. The largest absolute Gasteiger partial charge is 0.462 e. The van der Waals surface area contributed by atoms with Crippen molar-refractivity contribution >= 4 is 17.5 Å². The topological polar surface area (TPSA) is 63.0 Å². The molecule has 0 saturated heterocycles. The van der Waals surface area contributed by atoms with E-state index < -0.39 is 0 Å². The van der Waals surface area contributed by atoms with Crippen LogP contribution in [0.25, 0.3) is 11.3 Å². The molecule has 1 aromatic carbocycles. The highest BCUT2D eigenvalue weighted by Gasteiger charge is 2.16. The Morgan fingerprint density at radius 2 is 2.17 bits per heavy atom. The smallest absolute Gasteiger partial charge is 0.341 e. The Morgan fingerprint density at radius 3 is 2.78 bits per heavy atom. The predicted molar refractivity (Wildman–Crippen MR) is 68.2 cm³/mol. The first kappa shape index (κ1) is 12.3. The summed E-state index contributed by atoms with van der Waals surface area (Å²) < 4.78 is 9.17. The number of carbonyl (C=O) groups is 1. The molecule has 0 saturated carbocycles. The minimum absolute atomic E-state index is 0.335. The molecule has 0 unspecified atom stereocenters. The standard InChI is InChI=1S/C13H10N2O2S/c1-2-17-13(16)11-8-18-15-12(11)10-5-3-9(7-14)4-6-10/h3-6,8H,2H2,1H3. The maximum absolute atomic E-state index is 11.7. The van der Waals surface area contributed by atoms with Gasteiger partial charge < -0.3 is 4.74 Å². The molecule has 18 heavy (non-hydrogen) atoms. The fourth-order valence-corrected chi connectivity index (χ4v) is 2.18. The third-order valence-electron chi connectivity index (χ3n) is 2.35. The molecule has 2 aromatic rings. The van der Waals surface area contributed by atoms with Crippen molar-refractivity contribution < 1.29 is 9.53 Å². The molecule has 0 aliphatic carbocycles. The Kier molecular flexibility index (Phi) is 3.70. The van der Waals surface area contributed by atoms with Gasteiger partial charge in [-0.3, -0.25) is 0 Å². The molecule has 0 spiro atoms. The Hall–Kier alpha value is -2.19. The van der Waals surface area contributed by atoms with Crippen LogP contribution in [0.1, 0.15) is 22.8 Å². The van der Waals surface area contributed by atoms with Crippen molar-refractivity contribution in [2.75, 3.05) is 6.61 Å². The van der Waals surface area contributed by atoms with Crippen molar-refractivity contribution in [2.45, 2.75) is 6.92 Å². The SMILES string of the molecule is CCOC(=O)c1csnc1-c1ccc(C#N)cc1. The van der Waals surface area contributed by atoms with Crippen LogP contribution in [0.2, 0.25) is 0 Å². The zero-order chi connectivity index (χ0) is 13.0. The number of nitrogens with zero attached hydrogens (tertiary/aromatic N) is 2. The molecule has 1 aromatic heterocycles. The molecular weight excluding hydrogens is 248 g/mol. The quantitative estimate of drug-likeness (QED) is 0.794. The number of hydrogen-bond acceptors (Lipinski definition) is 5. The lowest BCUT2D eigenvalue weighted by atomic mass is 10.1. The van der Waals surface area contributed by atoms with Crippen molar-refractivity contribution in [1.82, 2.24) is 4.37 Å². The van der Waals surface area contributed by atoms with Gasteiger partial charge in [0, 0.05) is 10.9 Å². The minimum Gasteiger partial charge on any atom is -0.462 e. The Balaban J connectivity index is 2.36. The molecule has 5 heteroatoms. The van der Waals surface area contributed by atoms with E-state index in [9.17, 15) is 4.79 Å². The maximum Gasteiger partial charge on any atom is 0.341 e. The van der Waals surface area contributed by atoms with Crippen LogP contribution in [0.4, 0.5) is 0 Å². The average molecular weight is 258 g/mol. The molecular formula is C13H10N2O2S. The number of benzene rings is 1. The number of ether oxygens (including phenoxy) is 1. The predicted octanol–water partition coefficient (Wildman–Crippen LogP) is 2.86. The monoisotopic (exact) mass is 258 g/mol. The number of rotatable bonds is 3. The molecule has 0 radical (unpaired) electrons. The van der Waals surface area contributed by atoms with Crippen LogP contribution in [0.3, 0.4) is 0 Å². The van der Waals surface area contributed by atoms with Gasteiger partial charge in [-0.1, -0.05) is 12.1 Å². The van der Waals surface area contributed by atoms with E-state index in [4.69, 9.17) is 10.00 Å². The molecule has 0 bridgehead atoms. The molecule has 0 amide bonds. The van der Waals surface area contributed by atoms with Crippen LogP contribution in [0.5, 0.6) is 0 Å². The van der Waals surface area contributed by atoms with Crippen LogP contribution in [-0.2, 0) is 4.74 Å². The van der Waals surface area contributed by atoms with Gasteiger partial charge in [0.15, 0.2) is 0 Å². The molecule has 90 valence electrons. The van der Waals surface area contributed by atoms with Gasteiger partial charge in [0.1, 0.15) is 0 Å². The summed E-state index contributed by atoms with van der Waals surface area (Å²) in [6, 6.07) is 8.99. The first-order valence-corrected chi connectivity index (χ1v) is 6.22. The van der Waals surface area contributed by atoms with Gasteiger partial charge in [0.25, 0.3) is 0 Å². The highest BCUT2D eigenvalue weighted by atomic mass is 32.1. The third kappa shape index (κ3) is 2.39. The number of esters is 1. The number of aromatic nitrogens is 1. The van der Waals surface area contributed by atoms with Crippen molar-refractivity contribution in [3.05, 3.63) is 40.8 Å². The van der Waals surface area contributed by atoms with E-state index in [1.165, 1.54) is 11.5 Å². The van der Waals surface area contributed by atoms with Gasteiger partial charge in [-0.15, -0.1) is 0 Å². The normalized spacial score (nSPS) is 9.78. The highest BCUT2D eigenvalue weighted by molar-refractivity contribution is 7.04. The lowest BCUT2D eigenvalue weighted by Crippen LogP contribution is -2.04. The summed E-state index contributed by atoms with van der Waals surface area (Å²) in [4.78, 5) is 11.7. The Bertz CT molecular complexity index is 596. The second-order valence-electron chi connectivity index (χ2n) is 3.49. The van der Waals surface area contributed by atoms with E-state index in [0.717, 1.165) is 5.56 Å². The molecule has 4 nitrogen and oxygen atoms in total. The second-order valence-corrected chi connectivity index (χ2v) is 4.12. The van der Waals surface area contributed by atoms with Crippen LogP contribution in [0, 0.1) is 11.3 Å². The van der Waals surface area contributed by atoms with E-state index in [2.05, 4.69) is 4.37 Å². The molecule has 0 fully saturated rings. The molecule has 0 atom stereocenters. The van der Waals surface area contributed by atoms with E-state index in [0.29, 0.717) is 23.4 Å². The average Bonchev–Trinajstić information content (AvgIpc) is 2.88. The number of carbonyl (C=O) groups excluding carboxylic acids is 1. The first-order chi connectivity index (χ1) is 8.76. The zero-order valence-corrected chi connectivity index (χ0v) is 10.5. The third-order valence-corrected chi connectivity index (χ3v) is 2.98. The summed E-state index contributed by atoms with van der Waals surface area (Å²) >= 11 is 1.21. The summed E-state index contributed by atoms with van der Waals surface area (Å²) in [5.74, 6) is -0.370. The van der Waals surface area contributed by atoms with E-state index in [1.54, 1.807) is 36.6 Å². The van der Waals surface area contributed by atoms with Crippen LogP contribution in [0.15, 0.2) is 29.6 Å². The van der Waals surface area contributed by atoms with Gasteiger partial charge >= 0.3 is 5.97 Å². The summed E-state index contributed by atoms with van der Waals surface area (Å²) in [5.41, 5.74) is 2.44. The van der Waals surface area contributed by atoms with Gasteiger partial charge in [-0.05, 0) is 30.6 Å². The summed E-state index contributed by atoms with van der Waals surface area (Å²) in [7, 11) is 0. The lowest BCUT2D eigenvalue weighted by molar-refractivity contribution is 0.0527. The van der Waals surface area contributed by atoms with Crippen LogP contribution in [-0.4, -0.2) is 16.9 Å². The molecule has 2 rings (SSSR count). The van der Waals surface area contributed by atoms with Crippen LogP contribution >= 0.6 is 11.5 Å². The second kappa shape index (κ2) is 5.43. The van der Waals surface area contributed by atoms with Gasteiger partial charge in [0.05, 0.1) is 29.5 Å². The van der Waals surface area contributed by atoms with E-state index in [1.807, 2.05) is 6.07 Å². The fourth-order valence-electron chi connectivity index (χ4n) is 1.50. The summed E-state index contributed by atoms with van der Waals surface area (Å²) in [6.45, 7) is 2.10. The van der Waals surface area contributed by atoms with Crippen molar-refractivity contribution in [2.24, 2.45) is 0 Å². The number of nitriles is 1. The zero-order valence-electron chi connectivity index (χ0n) is 9.71. The van der Waals surface area contributed by atoms with Gasteiger partial charge in [0.2, 0.25) is 0 Å². The summed E-state index contributed by atoms with van der Waals surface area (Å²) in [5, 5.41) is 10.4. The minimum atomic E-state index is -0.370. The van der Waals surface area contributed by atoms with Gasteiger partial charge in [-0.25, -0.2) is 4.79 Å². The molecule has 1 heterocycles. The van der Waals surface area contributed by atoms with Crippen molar-refractivity contribution in [3.63, 3.8) is 0 Å². The Morgan fingerprint density at radius 1 is 1.44 bits per heavy atom. The molecule has 0 N–H and O–H groups in total. The summed E-state index contributed by atoms with van der Waals surface area (Å²) in [6.07, 6.45) is 0. The lowest BCUT2D eigenvalue weighted by Gasteiger charge is -2.02. The van der Waals surface area contributed by atoms with E-state index >= 15 is 0 Å².